The van der Waals surface area contributed by atoms with Gasteiger partial charge in [-0.25, -0.2) is 4.68 Å². The van der Waals surface area contributed by atoms with Crippen LogP contribution in [0.15, 0.2) is 58.5 Å². The summed E-state index contributed by atoms with van der Waals surface area (Å²) in [5, 5.41) is 10.7. The summed E-state index contributed by atoms with van der Waals surface area (Å²) >= 11 is 3.65. The molecule has 0 saturated heterocycles. The third-order valence-electron chi connectivity index (χ3n) is 5.82. The van der Waals surface area contributed by atoms with Crippen LogP contribution in [0.4, 0.5) is 11.6 Å². The van der Waals surface area contributed by atoms with Gasteiger partial charge in [-0.15, -0.1) is 0 Å². The molecule has 1 atom stereocenters. The third-order valence-corrected chi connectivity index (χ3v) is 6.41. The summed E-state index contributed by atoms with van der Waals surface area (Å²) < 4.78 is 14.2. The van der Waals surface area contributed by atoms with Crippen molar-refractivity contribution in [2.24, 2.45) is 5.92 Å². The van der Waals surface area contributed by atoms with Gasteiger partial charge in [-0.05, 0) is 77.5 Å². The van der Waals surface area contributed by atoms with E-state index in [0.29, 0.717) is 41.2 Å². The van der Waals surface area contributed by atoms with Gasteiger partial charge < -0.3 is 20.1 Å². The predicted molar refractivity (Wildman–Crippen MR) is 140 cm³/mol. The molecule has 1 unspecified atom stereocenters. The molecule has 35 heavy (non-hydrogen) atoms. The van der Waals surface area contributed by atoms with E-state index in [1.54, 1.807) is 11.8 Å². The molecule has 8 nitrogen and oxygen atoms in total. The number of nitrogens with zero attached hydrogens (tertiary/aromatic N) is 3. The zero-order valence-corrected chi connectivity index (χ0v) is 22.1. The van der Waals surface area contributed by atoms with E-state index in [4.69, 9.17) is 9.47 Å². The lowest BCUT2D eigenvalue weighted by atomic mass is 9.94. The number of nitrogens with one attached hydrogen (secondary N) is 2. The second-order valence-corrected chi connectivity index (χ2v) is 9.84. The van der Waals surface area contributed by atoms with Crippen LogP contribution in [0.1, 0.15) is 44.4 Å². The molecule has 0 bridgehead atoms. The summed E-state index contributed by atoms with van der Waals surface area (Å²) in [6, 6.07) is 11.0. The standard InChI is InChI=1S/C26H30BrN5O3/c1-15(2)9-10-35-24-20(27)12-18(13-21(24)34-5)23-22(17(4)30-26-28-14-29-32(23)26)25(33)31-19-8-6-7-16(3)11-19/h6-8,11-15,23H,9-10H2,1-5H3,(H,31,33)(H,28,29,30). The lowest BCUT2D eigenvalue weighted by molar-refractivity contribution is -0.113. The minimum atomic E-state index is -0.520. The Morgan fingerprint density at radius 1 is 1.26 bits per heavy atom. The minimum Gasteiger partial charge on any atom is -0.493 e. The number of benzene rings is 2. The highest BCUT2D eigenvalue weighted by Gasteiger charge is 2.34. The zero-order valence-electron chi connectivity index (χ0n) is 20.6. The number of halogens is 1. The molecule has 0 radical (unpaired) electrons. The van der Waals surface area contributed by atoms with E-state index in [-0.39, 0.29) is 5.91 Å². The predicted octanol–water partition coefficient (Wildman–Crippen LogP) is 5.71. The average Bonchev–Trinajstić information content (AvgIpc) is 3.26. The number of rotatable bonds is 8. The number of ether oxygens (including phenoxy) is 2. The zero-order chi connectivity index (χ0) is 25.1. The smallest absolute Gasteiger partial charge is 0.255 e. The molecule has 184 valence electrons. The van der Waals surface area contributed by atoms with Crippen molar-refractivity contribution in [3.8, 4) is 11.5 Å². The molecule has 0 fully saturated rings. The second-order valence-electron chi connectivity index (χ2n) is 8.98. The number of aryl methyl sites for hydroxylation is 1. The Bertz CT molecular complexity index is 1270. The number of hydrogen-bond donors (Lipinski definition) is 2. The van der Waals surface area contributed by atoms with E-state index >= 15 is 0 Å². The molecule has 9 heteroatoms. The highest BCUT2D eigenvalue weighted by Crippen LogP contribution is 2.42. The largest absolute Gasteiger partial charge is 0.493 e. The fraction of sp³-hybridized carbons (Fsp3) is 0.346. The van der Waals surface area contributed by atoms with Crippen LogP contribution in [0.5, 0.6) is 11.5 Å². The molecule has 1 aromatic heterocycles. The van der Waals surface area contributed by atoms with Gasteiger partial charge in [-0.3, -0.25) is 4.79 Å². The average molecular weight is 540 g/mol. The Morgan fingerprint density at radius 3 is 2.77 bits per heavy atom. The van der Waals surface area contributed by atoms with Gasteiger partial charge in [-0.1, -0.05) is 26.0 Å². The van der Waals surface area contributed by atoms with Crippen LogP contribution in [-0.4, -0.2) is 34.4 Å². The molecule has 2 heterocycles. The fourth-order valence-electron chi connectivity index (χ4n) is 4.05. The number of methoxy groups -OCH3 is 1. The summed E-state index contributed by atoms with van der Waals surface area (Å²) in [5.74, 6) is 2.08. The third kappa shape index (κ3) is 5.35. The van der Waals surface area contributed by atoms with E-state index < -0.39 is 6.04 Å². The molecule has 0 spiro atoms. The van der Waals surface area contributed by atoms with Crippen molar-refractivity contribution in [2.75, 3.05) is 24.4 Å². The molecular formula is C26H30BrN5O3. The Morgan fingerprint density at radius 2 is 2.06 bits per heavy atom. The normalized spacial score (nSPS) is 15.0. The Kier molecular flexibility index (Phi) is 7.45. The number of carbonyl (C=O) groups is 1. The van der Waals surface area contributed by atoms with Gasteiger partial charge in [0.1, 0.15) is 12.4 Å². The minimum absolute atomic E-state index is 0.223. The van der Waals surface area contributed by atoms with Crippen molar-refractivity contribution < 1.29 is 14.3 Å². The number of hydrogen-bond acceptors (Lipinski definition) is 6. The van der Waals surface area contributed by atoms with Gasteiger partial charge in [0, 0.05) is 11.4 Å². The number of anilines is 2. The van der Waals surface area contributed by atoms with Gasteiger partial charge in [0.2, 0.25) is 5.95 Å². The molecule has 1 amide bonds. The number of amides is 1. The SMILES string of the molecule is COc1cc(C2C(C(=O)Nc3cccc(C)c3)=C(C)Nc3ncnn32)cc(Br)c1OCCC(C)C. The van der Waals surface area contributed by atoms with E-state index in [9.17, 15) is 4.79 Å². The summed E-state index contributed by atoms with van der Waals surface area (Å²) in [6.45, 7) is 8.75. The first kappa shape index (κ1) is 24.8. The maximum absolute atomic E-state index is 13.6. The quantitative estimate of drug-likeness (QED) is 0.381. The number of aromatic nitrogens is 3. The van der Waals surface area contributed by atoms with E-state index in [0.717, 1.165) is 27.7 Å². The van der Waals surface area contributed by atoms with Crippen molar-refractivity contribution in [1.29, 1.82) is 0 Å². The van der Waals surface area contributed by atoms with Crippen molar-refractivity contribution in [2.45, 2.75) is 40.2 Å². The van der Waals surface area contributed by atoms with Crippen LogP contribution in [0.3, 0.4) is 0 Å². The molecule has 4 rings (SSSR count). The fourth-order valence-corrected chi connectivity index (χ4v) is 4.62. The van der Waals surface area contributed by atoms with E-state index in [2.05, 4.69) is 50.5 Å². The summed E-state index contributed by atoms with van der Waals surface area (Å²) in [4.78, 5) is 17.9. The van der Waals surface area contributed by atoms with Gasteiger partial charge in [-0.2, -0.15) is 10.1 Å². The van der Waals surface area contributed by atoms with Gasteiger partial charge >= 0.3 is 0 Å². The van der Waals surface area contributed by atoms with Crippen LogP contribution < -0.4 is 20.1 Å². The lowest BCUT2D eigenvalue weighted by Gasteiger charge is -2.29. The van der Waals surface area contributed by atoms with Crippen LogP contribution in [0, 0.1) is 12.8 Å². The van der Waals surface area contributed by atoms with Crippen molar-refractivity contribution in [3.05, 3.63) is 69.6 Å². The number of carbonyl (C=O) groups excluding carboxylic acids is 1. The summed E-state index contributed by atoms with van der Waals surface area (Å²) in [5.41, 5.74) is 3.84. The van der Waals surface area contributed by atoms with Crippen LogP contribution in [0.2, 0.25) is 0 Å². The van der Waals surface area contributed by atoms with Gasteiger partial charge in [0.15, 0.2) is 11.5 Å². The molecular weight excluding hydrogens is 510 g/mol. The topological polar surface area (TPSA) is 90.3 Å². The Hall–Kier alpha value is -3.33. The Labute approximate surface area is 213 Å². The molecule has 2 aromatic carbocycles. The highest BCUT2D eigenvalue weighted by atomic mass is 79.9. The first-order valence-electron chi connectivity index (χ1n) is 11.5. The molecule has 0 aliphatic carbocycles. The lowest BCUT2D eigenvalue weighted by Crippen LogP contribution is -2.31. The van der Waals surface area contributed by atoms with E-state index in [1.165, 1.54) is 6.33 Å². The number of allylic oxidation sites excluding steroid dienone is 1. The monoisotopic (exact) mass is 539 g/mol. The van der Waals surface area contributed by atoms with Crippen molar-refractivity contribution in [1.82, 2.24) is 14.8 Å². The summed E-state index contributed by atoms with van der Waals surface area (Å²) in [7, 11) is 1.61. The summed E-state index contributed by atoms with van der Waals surface area (Å²) in [6.07, 6.45) is 2.40. The van der Waals surface area contributed by atoms with Crippen LogP contribution in [-0.2, 0) is 4.79 Å². The first-order chi connectivity index (χ1) is 16.8. The van der Waals surface area contributed by atoms with E-state index in [1.807, 2.05) is 50.2 Å². The number of fused-ring (bicyclic) bond motifs is 1. The molecule has 1 aliphatic heterocycles. The Balaban J connectivity index is 1.74. The van der Waals surface area contributed by atoms with Gasteiger partial charge in [0.05, 0.1) is 23.8 Å². The molecule has 2 N–H and O–H groups in total. The molecule has 3 aromatic rings. The van der Waals surface area contributed by atoms with Crippen LogP contribution >= 0.6 is 15.9 Å². The van der Waals surface area contributed by atoms with Gasteiger partial charge in [0.25, 0.3) is 5.91 Å². The second kappa shape index (κ2) is 10.5. The first-order valence-corrected chi connectivity index (χ1v) is 12.3. The van der Waals surface area contributed by atoms with Crippen LogP contribution in [0.25, 0.3) is 0 Å². The maximum atomic E-state index is 13.6. The maximum Gasteiger partial charge on any atom is 0.255 e. The molecule has 1 aliphatic rings. The molecule has 0 saturated carbocycles. The van der Waals surface area contributed by atoms with Crippen molar-refractivity contribution in [3.63, 3.8) is 0 Å². The highest BCUT2D eigenvalue weighted by molar-refractivity contribution is 9.10. The van der Waals surface area contributed by atoms with Crippen molar-refractivity contribution >= 4 is 33.5 Å².